The van der Waals surface area contributed by atoms with Crippen LogP contribution in [0.1, 0.15) is 149 Å². The maximum atomic E-state index is 14.8. The zero-order valence-corrected chi connectivity index (χ0v) is 34.7. The first-order chi connectivity index (χ1) is 25.8. The topological polar surface area (TPSA) is 116 Å². The Morgan fingerprint density at radius 1 is 0.745 bits per heavy atom. The van der Waals surface area contributed by atoms with Crippen LogP contribution in [0.5, 0.6) is 0 Å². The van der Waals surface area contributed by atoms with Gasteiger partial charge in [-0.1, -0.05) is 71.0 Å². The number of hydrogen-bond acceptors (Lipinski definition) is 4. The van der Waals surface area contributed by atoms with E-state index >= 15 is 0 Å². The second kappa shape index (κ2) is 13.9. The average molecular weight is 751 g/mol. The van der Waals surface area contributed by atoms with E-state index in [-0.39, 0.29) is 57.6 Å². The molecule has 5 saturated carbocycles. The van der Waals surface area contributed by atoms with E-state index in [1.165, 1.54) is 24.8 Å². The van der Waals surface area contributed by atoms with Gasteiger partial charge in [0.2, 0.25) is 5.91 Å². The van der Waals surface area contributed by atoms with Crippen LogP contribution < -0.4 is 10.6 Å². The maximum absolute atomic E-state index is 14.8. The second-order valence-electron chi connectivity index (χ2n) is 20.1. The Bertz CT molecular complexity index is 1900. The number of allylic oxidation sites excluding steroid dienone is 1. The summed E-state index contributed by atoms with van der Waals surface area (Å²) in [7, 11) is 0. The molecule has 4 unspecified atom stereocenters. The van der Waals surface area contributed by atoms with Crippen molar-refractivity contribution < 1.29 is 24.6 Å². The first-order valence-electron chi connectivity index (χ1n) is 21.1. The predicted octanol–water partition coefficient (Wildman–Crippen LogP) is 9.57. The lowest BCUT2D eigenvalue weighted by Gasteiger charge is -2.72. The largest absolute Gasteiger partial charge is 0.478 e. The maximum Gasteiger partial charge on any atom is 0.335 e. The van der Waals surface area contributed by atoms with Gasteiger partial charge in [0.25, 0.3) is 5.91 Å². The molecule has 0 aliphatic heterocycles. The summed E-state index contributed by atoms with van der Waals surface area (Å²) in [6.45, 7) is 23.4. The summed E-state index contributed by atoms with van der Waals surface area (Å²) in [4.78, 5) is 39.9. The van der Waals surface area contributed by atoms with E-state index in [9.17, 15) is 24.6 Å². The molecule has 0 heterocycles. The number of carbonyl (C=O) groups is 3. The monoisotopic (exact) mass is 750 g/mol. The summed E-state index contributed by atoms with van der Waals surface area (Å²) in [5.41, 5.74) is 5.18. The van der Waals surface area contributed by atoms with Gasteiger partial charge in [-0.15, -0.1) is 0 Å². The van der Waals surface area contributed by atoms with Crippen LogP contribution in [0.4, 0.5) is 0 Å². The second-order valence-corrected chi connectivity index (χ2v) is 20.1. The van der Waals surface area contributed by atoms with E-state index < -0.39 is 11.4 Å². The quantitative estimate of drug-likeness (QED) is 0.201. The standard InChI is InChI=1S/C48H66N2O5/c1-28(2)33-18-23-48(43(55)50-27-32-12-10-14-34(29(32)3)41(52)49-26-31-13-11-15-35(30(31)4)42(53)54)25-24-46(8)36(40(33)48)16-17-38-45(7)21-20-39(51)44(5,6)37(45)19-22-47(38,46)9/h10-15,33,36-40,51H,1,16-27H2,2-9H3,(H,49,52)(H,50,55)(H,53,54)/t33-,36?,37?,38?,39-,40?,45-,46+,47+,48-/m0/s1. The van der Waals surface area contributed by atoms with Crippen LogP contribution >= 0.6 is 0 Å². The number of carboxylic acids is 1. The highest BCUT2D eigenvalue weighted by Gasteiger charge is 2.71. The first kappa shape index (κ1) is 39.8. The number of aliphatic hydroxyl groups is 1. The van der Waals surface area contributed by atoms with E-state index in [0.717, 1.165) is 61.6 Å². The Balaban J connectivity index is 1.10. The van der Waals surface area contributed by atoms with Crippen LogP contribution in [-0.4, -0.2) is 34.1 Å². The molecule has 4 N–H and O–H groups in total. The third-order valence-electron chi connectivity index (χ3n) is 17.7. The zero-order valence-electron chi connectivity index (χ0n) is 34.7. The molecule has 7 rings (SSSR count). The van der Waals surface area contributed by atoms with Gasteiger partial charge in [0, 0.05) is 18.7 Å². The lowest BCUT2D eigenvalue weighted by Crippen LogP contribution is -2.67. The number of amides is 2. The Kier molecular flexibility index (Phi) is 10.0. The van der Waals surface area contributed by atoms with Crippen molar-refractivity contribution in [3.05, 3.63) is 81.9 Å². The van der Waals surface area contributed by atoms with Crippen molar-refractivity contribution in [2.45, 2.75) is 139 Å². The summed E-state index contributed by atoms with van der Waals surface area (Å²) in [5, 5.41) is 27.1. The van der Waals surface area contributed by atoms with Crippen LogP contribution in [0.25, 0.3) is 0 Å². The van der Waals surface area contributed by atoms with Crippen molar-refractivity contribution in [3.8, 4) is 0 Å². The fraction of sp³-hybridized carbons (Fsp3) is 0.646. The minimum atomic E-state index is -0.985. The summed E-state index contributed by atoms with van der Waals surface area (Å²) < 4.78 is 0. The molecular formula is C48H66N2O5. The van der Waals surface area contributed by atoms with Crippen LogP contribution in [0, 0.1) is 70.5 Å². The molecule has 0 aromatic heterocycles. The van der Waals surface area contributed by atoms with E-state index in [0.29, 0.717) is 41.3 Å². The van der Waals surface area contributed by atoms with Crippen molar-refractivity contribution in [1.82, 2.24) is 10.6 Å². The van der Waals surface area contributed by atoms with Gasteiger partial charge in [0.15, 0.2) is 0 Å². The Hall–Kier alpha value is -3.45. The van der Waals surface area contributed by atoms with Crippen molar-refractivity contribution >= 4 is 17.8 Å². The number of fused-ring (bicyclic) bond motifs is 7. The molecule has 2 aromatic carbocycles. The highest BCUT2D eigenvalue weighted by Crippen LogP contribution is 2.77. The Morgan fingerprint density at radius 2 is 1.38 bits per heavy atom. The lowest BCUT2D eigenvalue weighted by molar-refractivity contribution is -0.246. The van der Waals surface area contributed by atoms with Gasteiger partial charge in [-0.25, -0.2) is 4.79 Å². The Morgan fingerprint density at radius 3 is 2.04 bits per heavy atom. The number of carboxylic acid groups (broad SMARTS) is 1. The van der Waals surface area contributed by atoms with Gasteiger partial charge in [-0.05, 0) is 171 Å². The van der Waals surface area contributed by atoms with Crippen molar-refractivity contribution in [2.75, 3.05) is 0 Å². The summed E-state index contributed by atoms with van der Waals surface area (Å²) in [6.07, 6.45) is 10.4. The molecule has 5 aliphatic rings. The smallest absolute Gasteiger partial charge is 0.335 e. The predicted molar refractivity (Wildman–Crippen MR) is 217 cm³/mol. The summed E-state index contributed by atoms with van der Waals surface area (Å²) >= 11 is 0. The number of benzene rings is 2. The molecule has 0 radical (unpaired) electrons. The van der Waals surface area contributed by atoms with Crippen molar-refractivity contribution in [3.63, 3.8) is 0 Å². The third-order valence-corrected chi connectivity index (χ3v) is 17.7. The number of rotatable bonds is 8. The molecule has 7 nitrogen and oxygen atoms in total. The molecule has 55 heavy (non-hydrogen) atoms. The highest BCUT2D eigenvalue weighted by atomic mass is 16.4. The van der Waals surface area contributed by atoms with Crippen LogP contribution in [0.2, 0.25) is 0 Å². The van der Waals surface area contributed by atoms with Gasteiger partial charge in [0.05, 0.1) is 17.1 Å². The molecule has 5 aliphatic carbocycles. The van der Waals surface area contributed by atoms with E-state index in [1.54, 1.807) is 19.1 Å². The van der Waals surface area contributed by atoms with Gasteiger partial charge in [0.1, 0.15) is 0 Å². The fourth-order valence-electron chi connectivity index (χ4n) is 14.4. The number of hydrogen-bond donors (Lipinski definition) is 4. The zero-order chi connectivity index (χ0) is 39.9. The molecular weight excluding hydrogens is 685 g/mol. The van der Waals surface area contributed by atoms with Crippen LogP contribution in [0.3, 0.4) is 0 Å². The molecule has 10 atom stereocenters. The molecule has 7 heteroatoms. The minimum Gasteiger partial charge on any atom is -0.478 e. The summed E-state index contributed by atoms with van der Waals surface area (Å²) in [6, 6.07) is 10.8. The van der Waals surface area contributed by atoms with Crippen LogP contribution in [0.15, 0.2) is 48.6 Å². The van der Waals surface area contributed by atoms with Crippen molar-refractivity contribution in [2.24, 2.45) is 56.7 Å². The molecule has 5 fully saturated rings. The van der Waals surface area contributed by atoms with Gasteiger partial charge in [-0.3, -0.25) is 9.59 Å². The average Bonchev–Trinajstić information content (AvgIpc) is 3.54. The molecule has 0 saturated heterocycles. The van der Waals surface area contributed by atoms with Gasteiger partial charge < -0.3 is 20.8 Å². The molecule has 0 spiro atoms. The van der Waals surface area contributed by atoms with Gasteiger partial charge >= 0.3 is 5.97 Å². The number of carbonyl (C=O) groups excluding carboxylic acids is 2. The molecule has 298 valence electrons. The number of nitrogens with one attached hydrogen (secondary N) is 2. The molecule has 2 amide bonds. The number of aromatic carboxylic acids is 1. The summed E-state index contributed by atoms with van der Waals surface area (Å²) in [5.74, 6) is 1.14. The lowest BCUT2D eigenvalue weighted by atomic mass is 9.32. The SMILES string of the molecule is C=C(C)[C@@H]1CC[C@]2(C(=O)NCc3cccc(C(=O)NCc4cccc(C(=O)O)c4C)c3C)CC[C@]3(C)C(CCC4[C@@]5(C)CC[C@H](O)C(C)(C)C5CC[C@]43C)C12. The molecule has 0 bridgehead atoms. The van der Waals surface area contributed by atoms with E-state index in [4.69, 9.17) is 0 Å². The van der Waals surface area contributed by atoms with E-state index in [1.807, 2.05) is 31.2 Å². The molecule has 2 aromatic rings. The van der Waals surface area contributed by atoms with Gasteiger partial charge in [-0.2, -0.15) is 0 Å². The van der Waals surface area contributed by atoms with Crippen LogP contribution in [-0.2, 0) is 17.9 Å². The van der Waals surface area contributed by atoms with E-state index in [2.05, 4.69) is 58.8 Å². The minimum absolute atomic E-state index is 0.0702. The number of aliphatic hydroxyl groups excluding tert-OH is 1. The normalized spacial score (nSPS) is 37.4. The Labute approximate surface area is 329 Å². The highest BCUT2D eigenvalue weighted by molar-refractivity contribution is 5.96. The first-order valence-corrected chi connectivity index (χ1v) is 21.1. The third kappa shape index (κ3) is 5.95. The fourth-order valence-corrected chi connectivity index (χ4v) is 14.4. The van der Waals surface area contributed by atoms with Crippen molar-refractivity contribution in [1.29, 1.82) is 0 Å².